The standard InChI is InChI=1S/C18H18N6O2/c1-12-10-23(11-19-12)14-7-6-13(9-16(14)26-3)20-18-21-17-15(25-2)5-4-8-24(17)22-18/h4-11H,1-3H3,(H,20,22). The molecule has 0 fully saturated rings. The van der Waals surface area contributed by atoms with Gasteiger partial charge in [0.25, 0.3) is 0 Å². The van der Waals surface area contributed by atoms with Crippen molar-refractivity contribution >= 4 is 17.3 Å². The van der Waals surface area contributed by atoms with Crippen molar-refractivity contribution in [3.8, 4) is 17.2 Å². The normalized spacial score (nSPS) is 10.9. The molecule has 0 aliphatic rings. The number of hydrogen-bond acceptors (Lipinski definition) is 6. The molecule has 3 aromatic heterocycles. The van der Waals surface area contributed by atoms with E-state index in [9.17, 15) is 0 Å². The first-order valence-corrected chi connectivity index (χ1v) is 8.03. The van der Waals surface area contributed by atoms with Crippen LogP contribution in [0.25, 0.3) is 11.3 Å². The zero-order chi connectivity index (χ0) is 18.1. The van der Waals surface area contributed by atoms with Gasteiger partial charge in [-0.2, -0.15) is 4.98 Å². The molecule has 0 atom stereocenters. The topological polar surface area (TPSA) is 78.5 Å². The summed E-state index contributed by atoms with van der Waals surface area (Å²) < 4.78 is 14.4. The number of benzene rings is 1. The van der Waals surface area contributed by atoms with Crippen LogP contribution < -0.4 is 14.8 Å². The second kappa shape index (κ2) is 6.40. The Labute approximate surface area is 150 Å². The SMILES string of the molecule is COc1cc(Nc2nc3c(OC)cccn3n2)ccc1-n1cnc(C)c1. The van der Waals surface area contributed by atoms with Gasteiger partial charge in [-0.3, -0.25) is 0 Å². The first kappa shape index (κ1) is 15.9. The van der Waals surface area contributed by atoms with Crippen LogP contribution in [0.2, 0.25) is 0 Å². The number of nitrogens with one attached hydrogen (secondary N) is 1. The predicted octanol–water partition coefficient (Wildman–Crippen LogP) is 2.98. The van der Waals surface area contributed by atoms with Crippen molar-refractivity contribution in [3.05, 3.63) is 54.7 Å². The number of fused-ring (bicyclic) bond motifs is 1. The Morgan fingerprint density at radius 3 is 2.65 bits per heavy atom. The molecule has 8 heteroatoms. The Hall–Kier alpha value is -3.55. The molecule has 3 heterocycles. The van der Waals surface area contributed by atoms with Gasteiger partial charge in [0.1, 0.15) is 5.75 Å². The molecule has 132 valence electrons. The fourth-order valence-electron chi connectivity index (χ4n) is 2.74. The van der Waals surface area contributed by atoms with E-state index >= 15 is 0 Å². The molecular formula is C18H18N6O2. The molecule has 0 aliphatic carbocycles. The highest BCUT2D eigenvalue weighted by atomic mass is 16.5. The number of pyridine rings is 1. The molecule has 1 N–H and O–H groups in total. The van der Waals surface area contributed by atoms with Crippen molar-refractivity contribution in [1.82, 2.24) is 24.1 Å². The average molecular weight is 350 g/mol. The smallest absolute Gasteiger partial charge is 0.247 e. The van der Waals surface area contributed by atoms with Crippen molar-refractivity contribution in [1.29, 1.82) is 0 Å². The fraction of sp³-hybridized carbons (Fsp3) is 0.167. The molecule has 0 bridgehead atoms. The number of anilines is 2. The Morgan fingerprint density at radius 2 is 1.92 bits per heavy atom. The predicted molar refractivity (Wildman–Crippen MR) is 97.7 cm³/mol. The summed E-state index contributed by atoms with van der Waals surface area (Å²) in [5.41, 5.74) is 3.31. The van der Waals surface area contributed by atoms with Gasteiger partial charge in [0.05, 0.1) is 31.9 Å². The summed E-state index contributed by atoms with van der Waals surface area (Å²) >= 11 is 0. The van der Waals surface area contributed by atoms with Gasteiger partial charge in [-0.05, 0) is 31.2 Å². The van der Waals surface area contributed by atoms with Crippen molar-refractivity contribution < 1.29 is 9.47 Å². The molecule has 26 heavy (non-hydrogen) atoms. The van der Waals surface area contributed by atoms with Crippen molar-refractivity contribution in [3.63, 3.8) is 0 Å². The van der Waals surface area contributed by atoms with E-state index in [4.69, 9.17) is 9.47 Å². The Kier molecular flexibility index (Phi) is 3.92. The maximum atomic E-state index is 5.53. The van der Waals surface area contributed by atoms with Gasteiger partial charge >= 0.3 is 0 Å². The quantitative estimate of drug-likeness (QED) is 0.596. The van der Waals surface area contributed by atoms with Crippen molar-refractivity contribution in [2.45, 2.75) is 6.92 Å². The molecule has 0 saturated carbocycles. The second-order valence-corrected chi connectivity index (χ2v) is 5.71. The van der Waals surface area contributed by atoms with Gasteiger partial charge in [-0.15, -0.1) is 5.10 Å². The molecule has 8 nitrogen and oxygen atoms in total. The molecular weight excluding hydrogens is 332 g/mol. The van der Waals surface area contributed by atoms with E-state index in [1.54, 1.807) is 25.1 Å². The van der Waals surface area contributed by atoms with E-state index in [0.29, 0.717) is 23.1 Å². The van der Waals surface area contributed by atoms with E-state index in [1.807, 2.05) is 54.2 Å². The van der Waals surface area contributed by atoms with Crippen molar-refractivity contribution in [2.75, 3.05) is 19.5 Å². The first-order chi connectivity index (χ1) is 12.7. The molecule has 0 unspecified atom stereocenters. The molecule has 0 radical (unpaired) electrons. The molecule has 4 aromatic rings. The number of nitrogens with zero attached hydrogens (tertiary/aromatic N) is 5. The number of rotatable bonds is 5. The van der Waals surface area contributed by atoms with Crippen LogP contribution in [0.4, 0.5) is 11.6 Å². The molecule has 0 amide bonds. The monoisotopic (exact) mass is 350 g/mol. The number of ether oxygens (including phenoxy) is 2. The summed E-state index contributed by atoms with van der Waals surface area (Å²) in [7, 11) is 3.25. The lowest BCUT2D eigenvalue weighted by molar-refractivity contribution is 0.413. The van der Waals surface area contributed by atoms with Crippen LogP contribution in [0, 0.1) is 6.92 Å². The number of imidazole rings is 1. The molecule has 4 rings (SSSR count). The Morgan fingerprint density at radius 1 is 1.08 bits per heavy atom. The number of methoxy groups -OCH3 is 2. The van der Waals surface area contributed by atoms with Crippen LogP contribution in [0.5, 0.6) is 11.5 Å². The lowest BCUT2D eigenvalue weighted by Crippen LogP contribution is -1.98. The van der Waals surface area contributed by atoms with Gasteiger partial charge in [0.2, 0.25) is 5.95 Å². The van der Waals surface area contributed by atoms with Gasteiger partial charge < -0.3 is 19.4 Å². The molecule has 0 aliphatic heterocycles. The summed E-state index contributed by atoms with van der Waals surface area (Å²) in [6, 6.07) is 9.50. The maximum absolute atomic E-state index is 5.53. The van der Waals surface area contributed by atoms with Crippen LogP contribution in [-0.2, 0) is 0 Å². The summed E-state index contributed by atoms with van der Waals surface area (Å²) in [6.07, 6.45) is 5.53. The van der Waals surface area contributed by atoms with E-state index in [2.05, 4.69) is 20.4 Å². The zero-order valence-corrected chi connectivity index (χ0v) is 14.7. The largest absolute Gasteiger partial charge is 0.494 e. The van der Waals surface area contributed by atoms with Crippen LogP contribution in [0.15, 0.2) is 49.1 Å². The minimum Gasteiger partial charge on any atom is -0.494 e. The van der Waals surface area contributed by atoms with Gasteiger partial charge in [-0.25, -0.2) is 9.50 Å². The fourth-order valence-corrected chi connectivity index (χ4v) is 2.74. The number of hydrogen-bond donors (Lipinski definition) is 1. The van der Waals surface area contributed by atoms with Gasteiger partial charge in [0.15, 0.2) is 11.4 Å². The molecule has 0 saturated heterocycles. The second-order valence-electron chi connectivity index (χ2n) is 5.71. The highest BCUT2D eigenvalue weighted by Crippen LogP contribution is 2.28. The lowest BCUT2D eigenvalue weighted by atomic mass is 10.2. The van der Waals surface area contributed by atoms with E-state index < -0.39 is 0 Å². The summed E-state index contributed by atoms with van der Waals surface area (Å²) in [5.74, 6) is 1.85. The summed E-state index contributed by atoms with van der Waals surface area (Å²) in [5, 5.41) is 7.61. The van der Waals surface area contributed by atoms with Gasteiger partial charge in [0, 0.05) is 24.1 Å². The third-order valence-electron chi connectivity index (χ3n) is 3.97. The maximum Gasteiger partial charge on any atom is 0.247 e. The third-order valence-corrected chi connectivity index (χ3v) is 3.97. The summed E-state index contributed by atoms with van der Waals surface area (Å²) in [6.45, 7) is 1.95. The third kappa shape index (κ3) is 2.81. The van der Waals surface area contributed by atoms with Crippen LogP contribution in [0.3, 0.4) is 0 Å². The minimum absolute atomic E-state index is 0.475. The van der Waals surface area contributed by atoms with E-state index in [1.165, 1.54) is 0 Å². The van der Waals surface area contributed by atoms with Crippen molar-refractivity contribution in [2.24, 2.45) is 0 Å². The van der Waals surface area contributed by atoms with Crippen LogP contribution in [-0.4, -0.2) is 38.4 Å². The average Bonchev–Trinajstić information content (AvgIpc) is 3.26. The van der Waals surface area contributed by atoms with Gasteiger partial charge in [-0.1, -0.05) is 0 Å². The zero-order valence-electron chi connectivity index (χ0n) is 14.7. The lowest BCUT2D eigenvalue weighted by Gasteiger charge is -2.11. The number of aromatic nitrogens is 5. The first-order valence-electron chi connectivity index (χ1n) is 8.03. The summed E-state index contributed by atoms with van der Waals surface area (Å²) in [4.78, 5) is 8.73. The van der Waals surface area contributed by atoms with E-state index in [0.717, 1.165) is 17.1 Å². The molecule has 1 aromatic carbocycles. The van der Waals surface area contributed by atoms with Crippen LogP contribution >= 0.6 is 0 Å². The van der Waals surface area contributed by atoms with Crippen LogP contribution in [0.1, 0.15) is 5.69 Å². The Balaban J connectivity index is 1.66. The minimum atomic E-state index is 0.475. The molecule has 0 spiro atoms. The highest BCUT2D eigenvalue weighted by molar-refractivity contribution is 5.64. The number of aryl methyl sites for hydroxylation is 1. The van der Waals surface area contributed by atoms with E-state index in [-0.39, 0.29) is 0 Å². The Bertz CT molecular complexity index is 1070. The highest BCUT2D eigenvalue weighted by Gasteiger charge is 2.11.